The Labute approximate surface area is 156 Å². The van der Waals surface area contributed by atoms with Crippen molar-refractivity contribution in [3.63, 3.8) is 0 Å². The molecule has 2 aromatic rings. The largest absolute Gasteiger partial charge is 0.481 e. The van der Waals surface area contributed by atoms with Crippen LogP contribution in [0.4, 0.5) is 10.1 Å². The van der Waals surface area contributed by atoms with Crippen LogP contribution in [-0.4, -0.2) is 36.4 Å². The standard InChI is InChI=1S/C19H20ClFN2O3/c1-12-4-6-14(7-5-12)22-18(24)11-23(3)19(25)13(2)26-15-8-9-17(21)16(20)10-15/h4-10,13H,11H2,1-3H3,(H,22,24)/t13-/m1/s1. The molecule has 2 aromatic carbocycles. The summed E-state index contributed by atoms with van der Waals surface area (Å²) in [6.07, 6.45) is -0.853. The molecule has 0 fully saturated rings. The van der Waals surface area contributed by atoms with Crippen molar-refractivity contribution in [3.8, 4) is 5.75 Å². The lowest BCUT2D eigenvalue weighted by molar-refractivity contribution is -0.139. The number of amides is 2. The van der Waals surface area contributed by atoms with Crippen molar-refractivity contribution in [2.24, 2.45) is 0 Å². The Balaban J connectivity index is 1.89. The highest BCUT2D eigenvalue weighted by Crippen LogP contribution is 2.22. The second-order valence-electron chi connectivity index (χ2n) is 5.94. The zero-order valence-electron chi connectivity index (χ0n) is 14.8. The fraction of sp³-hybridized carbons (Fsp3) is 0.263. The number of anilines is 1. The van der Waals surface area contributed by atoms with E-state index in [0.717, 1.165) is 11.6 Å². The van der Waals surface area contributed by atoms with Gasteiger partial charge in [-0.25, -0.2) is 4.39 Å². The molecule has 0 aliphatic carbocycles. The summed E-state index contributed by atoms with van der Waals surface area (Å²) in [7, 11) is 1.51. The van der Waals surface area contributed by atoms with E-state index in [0.29, 0.717) is 5.69 Å². The Morgan fingerprint density at radius 1 is 1.23 bits per heavy atom. The Morgan fingerprint density at radius 2 is 1.88 bits per heavy atom. The highest BCUT2D eigenvalue weighted by molar-refractivity contribution is 6.30. The lowest BCUT2D eigenvalue weighted by Crippen LogP contribution is -2.42. The van der Waals surface area contributed by atoms with Crippen molar-refractivity contribution in [3.05, 3.63) is 58.9 Å². The molecule has 0 spiro atoms. The summed E-state index contributed by atoms with van der Waals surface area (Å²) in [5.41, 5.74) is 1.74. The van der Waals surface area contributed by atoms with Gasteiger partial charge >= 0.3 is 0 Å². The molecule has 0 bridgehead atoms. The maximum Gasteiger partial charge on any atom is 0.263 e. The molecule has 5 nitrogen and oxygen atoms in total. The summed E-state index contributed by atoms with van der Waals surface area (Å²) < 4.78 is 18.6. The zero-order valence-corrected chi connectivity index (χ0v) is 15.5. The van der Waals surface area contributed by atoms with Crippen LogP contribution < -0.4 is 10.1 Å². The third-order valence-corrected chi connectivity index (χ3v) is 3.93. The SMILES string of the molecule is Cc1ccc(NC(=O)CN(C)C(=O)[C@@H](C)Oc2ccc(F)c(Cl)c2)cc1. The number of rotatable bonds is 6. The predicted molar refractivity (Wildman–Crippen MR) is 98.9 cm³/mol. The van der Waals surface area contributed by atoms with E-state index in [1.165, 1.54) is 24.1 Å². The first-order chi connectivity index (χ1) is 12.3. The molecule has 26 heavy (non-hydrogen) atoms. The van der Waals surface area contributed by atoms with Gasteiger partial charge < -0.3 is 15.0 Å². The molecular weight excluding hydrogens is 359 g/mol. The third-order valence-electron chi connectivity index (χ3n) is 3.64. The van der Waals surface area contributed by atoms with Gasteiger partial charge in [-0.1, -0.05) is 29.3 Å². The van der Waals surface area contributed by atoms with Crippen LogP contribution in [0.3, 0.4) is 0 Å². The highest BCUT2D eigenvalue weighted by atomic mass is 35.5. The number of hydrogen-bond acceptors (Lipinski definition) is 3. The molecule has 2 rings (SSSR count). The summed E-state index contributed by atoms with van der Waals surface area (Å²) in [5, 5.41) is 2.63. The summed E-state index contributed by atoms with van der Waals surface area (Å²) in [6, 6.07) is 11.2. The van der Waals surface area contributed by atoms with Crippen LogP contribution in [0.2, 0.25) is 5.02 Å². The van der Waals surface area contributed by atoms with Crippen molar-refractivity contribution in [2.75, 3.05) is 18.9 Å². The number of nitrogens with one attached hydrogen (secondary N) is 1. The van der Waals surface area contributed by atoms with E-state index in [2.05, 4.69) is 5.32 Å². The van der Waals surface area contributed by atoms with Gasteiger partial charge in [0.1, 0.15) is 11.6 Å². The minimum atomic E-state index is -0.853. The molecule has 0 aliphatic rings. The fourth-order valence-electron chi connectivity index (χ4n) is 2.25. The molecule has 0 aromatic heterocycles. The smallest absolute Gasteiger partial charge is 0.263 e. The van der Waals surface area contributed by atoms with E-state index in [1.54, 1.807) is 19.1 Å². The normalized spacial score (nSPS) is 11.6. The second-order valence-corrected chi connectivity index (χ2v) is 6.35. The van der Waals surface area contributed by atoms with E-state index in [9.17, 15) is 14.0 Å². The van der Waals surface area contributed by atoms with Gasteiger partial charge in [0.25, 0.3) is 5.91 Å². The van der Waals surface area contributed by atoms with Crippen LogP contribution in [0.1, 0.15) is 12.5 Å². The average molecular weight is 379 g/mol. The summed E-state index contributed by atoms with van der Waals surface area (Å²) >= 11 is 5.69. The van der Waals surface area contributed by atoms with Gasteiger partial charge in [-0.2, -0.15) is 0 Å². The number of likely N-dealkylation sites (N-methyl/N-ethyl adjacent to an activating group) is 1. The fourth-order valence-corrected chi connectivity index (χ4v) is 2.42. The monoisotopic (exact) mass is 378 g/mol. The first kappa shape index (κ1) is 19.7. The highest BCUT2D eigenvalue weighted by Gasteiger charge is 2.21. The Bertz CT molecular complexity index is 796. The summed E-state index contributed by atoms with van der Waals surface area (Å²) in [4.78, 5) is 25.7. The van der Waals surface area contributed by atoms with Gasteiger partial charge in [0.15, 0.2) is 6.10 Å². The lowest BCUT2D eigenvalue weighted by Gasteiger charge is -2.22. The maximum absolute atomic E-state index is 13.2. The van der Waals surface area contributed by atoms with Crippen molar-refractivity contribution < 1.29 is 18.7 Å². The van der Waals surface area contributed by atoms with Crippen molar-refractivity contribution >= 4 is 29.1 Å². The predicted octanol–water partition coefficient (Wildman–Crippen LogP) is 3.65. The molecule has 0 heterocycles. The van der Waals surface area contributed by atoms with Crippen LogP contribution in [0.15, 0.2) is 42.5 Å². The number of aryl methyl sites for hydroxylation is 1. The second kappa shape index (κ2) is 8.67. The Hall–Kier alpha value is -2.60. The van der Waals surface area contributed by atoms with E-state index < -0.39 is 11.9 Å². The van der Waals surface area contributed by atoms with Crippen LogP contribution in [-0.2, 0) is 9.59 Å². The maximum atomic E-state index is 13.2. The quantitative estimate of drug-likeness (QED) is 0.834. The van der Waals surface area contributed by atoms with Crippen molar-refractivity contribution in [1.82, 2.24) is 4.90 Å². The van der Waals surface area contributed by atoms with Gasteiger partial charge in [0, 0.05) is 18.8 Å². The van der Waals surface area contributed by atoms with Gasteiger partial charge in [0.05, 0.1) is 11.6 Å². The number of carbonyl (C=O) groups excluding carboxylic acids is 2. The first-order valence-corrected chi connectivity index (χ1v) is 8.37. The number of carbonyl (C=O) groups is 2. The summed E-state index contributed by atoms with van der Waals surface area (Å²) in [6.45, 7) is 3.38. The van der Waals surface area contributed by atoms with Crippen LogP contribution in [0, 0.1) is 12.7 Å². The minimum absolute atomic E-state index is 0.0898. The van der Waals surface area contributed by atoms with Gasteiger partial charge in [-0.15, -0.1) is 0 Å². The minimum Gasteiger partial charge on any atom is -0.481 e. The molecule has 0 unspecified atom stereocenters. The number of benzene rings is 2. The van der Waals surface area contributed by atoms with E-state index >= 15 is 0 Å². The number of halogens is 2. The third kappa shape index (κ3) is 5.46. The molecular formula is C19H20ClFN2O3. The van der Waals surface area contributed by atoms with E-state index in [4.69, 9.17) is 16.3 Å². The molecule has 0 radical (unpaired) electrons. The first-order valence-electron chi connectivity index (χ1n) is 7.99. The molecule has 0 saturated carbocycles. The van der Waals surface area contributed by atoms with Crippen molar-refractivity contribution in [2.45, 2.75) is 20.0 Å². The van der Waals surface area contributed by atoms with Crippen LogP contribution in [0.25, 0.3) is 0 Å². The molecule has 7 heteroatoms. The zero-order chi connectivity index (χ0) is 19.3. The topological polar surface area (TPSA) is 58.6 Å². The van der Waals surface area contributed by atoms with Crippen molar-refractivity contribution in [1.29, 1.82) is 0 Å². The van der Waals surface area contributed by atoms with Gasteiger partial charge in [0.2, 0.25) is 5.91 Å². The molecule has 0 saturated heterocycles. The van der Waals surface area contributed by atoms with Crippen LogP contribution in [0.5, 0.6) is 5.75 Å². The molecule has 1 N–H and O–H groups in total. The van der Waals surface area contributed by atoms with Crippen LogP contribution >= 0.6 is 11.6 Å². The molecule has 2 amide bonds. The average Bonchev–Trinajstić information content (AvgIpc) is 2.59. The Morgan fingerprint density at radius 3 is 2.50 bits per heavy atom. The number of hydrogen-bond donors (Lipinski definition) is 1. The van der Waals surface area contributed by atoms with Gasteiger partial charge in [-0.05, 0) is 38.1 Å². The van der Waals surface area contributed by atoms with Gasteiger partial charge in [-0.3, -0.25) is 9.59 Å². The molecule has 1 atom stereocenters. The Kier molecular flexibility index (Phi) is 6.58. The molecule has 138 valence electrons. The van der Waals surface area contributed by atoms with E-state index in [-0.39, 0.29) is 29.1 Å². The number of nitrogens with zero attached hydrogens (tertiary/aromatic N) is 1. The summed E-state index contributed by atoms with van der Waals surface area (Å²) in [5.74, 6) is -0.996. The molecule has 0 aliphatic heterocycles. The van der Waals surface area contributed by atoms with E-state index in [1.807, 2.05) is 19.1 Å². The number of ether oxygens (including phenoxy) is 1. The lowest BCUT2D eigenvalue weighted by atomic mass is 10.2.